The van der Waals surface area contributed by atoms with E-state index in [-0.39, 0.29) is 10.8 Å². The van der Waals surface area contributed by atoms with Crippen LogP contribution in [0, 0.1) is 0 Å². The van der Waals surface area contributed by atoms with Crippen LogP contribution in [0.4, 0.5) is 5.69 Å². The Balaban J connectivity index is 1.60. The third kappa shape index (κ3) is 4.97. The smallest absolute Gasteiger partial charge is 0.240 e. The maximum atomic E-state index is 12.7. The molecule has 7 heteroatoms. The van der Waals surface area contributed by atoms with Crippen molar-refractivity contribution in [2.75, 3.05) is 24.6 Å². The van der Waals surface area contributed by atoms with Crippen molar-refractivity contribution in [1.82, 2.24) is 4.72 Å². The van der Waals surface area contributed by atoms with Crippen LogP contribution in [-0.4, -0.2) is 34.0 Å². The van der Waals surface area contributed by atoms with Gasteiger partial charge in [0.1, 0.15) is 5.75 Å². The summed E-state index contributed by atoms with van der Waals surface area (Å²) in [6, 6.07) is 12.8. The maximum absolute atomic E-state index is 12.7. The molecular formula is C22H28N2O4S. The number of aryl methyl sites for hydroxylation is 1. The minimum Gasteiger partial charge on any atom is -0.494 e. The van der Waals surface area contributed by atoms with Crippen molar-refractivity contribution in [3.63, 3.8) is 0 Å². The van der Waals surface area contributed by atoms with Gasteiger partial charge in [-0.15, -0.1) is 0 Å². The van der Waals surface area contributed by atoms with E-state index in [0.29, 0.717) is 39.0 Å². The van der Waals surface area contributed by atoms with Crippen molar-refractivity contribution in [2.45, 2.75) is 44.4 Å². The summed E-state index contributed by atoms with van der Waals surface area (Å²) in [7, 11) is -3.58. The molecule has 0 saturated heterocycles. The van der Waals surface area contributed by atoms with Crippen molar-refractivity contribution in [3.8, 4) is 5.75 Å². The second-order valence-corrected chi connectivity index (χ2v) is 8.75. The number of ether oxygens (including phenoxy) is 1. The van der Waals surface area contributed by atoms with Crippen molar-refractivity contribution >= 4 is 21.6 Å². The fraction of sp³-hybridized carbons (Fsp3) is 0.409. The van der Waals surface area contributed by atoms with E-state index in [1.807, 2.05) is 38.1 Å². The molecule has 0 fully saturated rings. The molecule has 2 aromatic carbocycles. The lowest BCUT2D eigenvalue weighted by atomic mass is 10.1. The third-order valence-corrected chi connectivity index (χ3v) is 6.51. The number of fused-ring (bicyclic) bond motifs is 1. The number of sulfonamides is 1. The molecule has 2 aromatic rings. The van der Waals surface area contributed by atoms with E-state index in [2.05, 4.69) is 4.72 Å². The van der Waals surface area contributed by atoms with Crippen LogP contribution in [0.5, 0.6) is 5.75 Å². The molecule has 1 amide bonds. The number of carbonyl (C=O) groups excluding carboxylic acids is 1. The molecule has 0 unspecified atom stereocenters. The molecule has 0 bridgehead atoms. The Kier molecular flexibility index (Phi) is 6.92. The van der Waals surface area contributed by atoms with Crippen LogP contribution >= 0.6 is 0 Å². The molecule has 0 saturated carbocycles. The van der Waals surface area contributed by atoms with Gasteiger partial charge in [-0.25, -0.2) is 13.1 Å². The number of carbonyl (C=O) groups is 1. The van der Waals surface area contributed by atoms with E-state index in [0.717, 1.165) is 29.0 Å². The van der Waals surface area contributed by atoms with E-state index in [1.54, 1.807) is 23.1 Å². The Hall–Kier alpha value is -2.38. The highest BCUT2D eigenvalue weighted by atomic mass is 32.2. The first kappa shape index (κ1) is 21.3. The van der Waals surface area contributed by atoms with Gasteiger partial charge in [0.25, 0.3) is 0 Å². The van der Waals surface area contributed by atoms with Gasteiger partial charge >= 0.3 is 0 Å². The van der Waals surface area contributed by atoms with Crippen LogP contribution in [0.1, 0.15) is 37.8 Å². The number of benzene rings is 2. The standard InChI is InChI=1S/C22H28N2O4S/c1-3-22(25)24-15-13-18-16-19(11-12-20(18)24)29(26,27)23-14-7-9-17-8-5-6-10-21(17)28-4-2/h5-6,8,10-12,16,23H,3-4,7,9,13-15H2,1-2H3. The van der Waals surface area contributed by atoms with Gasteiger partial charge in [-0.1, -0.05) is 25.1 Å². The SMILES string of the molecule is CCOc1ccccc1CCCNS(=O)(=O)c1ccc2c(c1)CCN2C(=O)CC. The van der Waals surface area contributed by atoms with E-state index in [4.69, 9.17) is 4.74 Å². The van der Waals surface area contributed by atoms with E-state index >= 15 is 0 Å². The lowest BCUT2D eigenvalue weighted by Gasteiger charge is -2.16. The Morgan fingerprint density at radius 1 is 1.17 bits per heavy atom. The van der Waals surface area contributed by atoms with Crippen LogP contribution in [0.15, 0.2) is 47.4 Å². The zero-order valence-electron chi connectivity index (χ0n) is 17.0. The molecular weight excluding hydrogens is 388 g/mol. The highest BCUT2D eigenvalue weighted by molar-refractivity contribution is 7.89. The van der Waals surface area contributed by atoms with Crippen molar-refractivity contribution < 1.29 is 17.9 Å². The average molecular weight is 417 g/mol. The van der Waals surface area contributed by atoms with Crippen molar-refractivity contribution in [3.05, 3.63) is 53.6 Å². The van der Waals surface area contributed by atoms with Crippen LogP contribution in [0.2, 0.25) is 0 Å². The van der Waals surface area contributed by atoms with Crippen LogP contribution < -0.4 is 14.4 Å². The molecule has 0 aliphatic carbocycles. The maximum Gasteiger partial charge on any atom is 0.240 e. The van der Waals surface area contributed by atoms with Gasteiger partial charge in [-0.2, -0.15) is 0 Å². The Labute approximate surface area is 172 Å². The Bertz CT molecular complexity index is 973. The summed E-state index contributed by atoms with van der Waals surface area (Å²) in [4.78, 5) is 14.0. The second-order valence-electron chi connectivity index (χ2n) is 6.98. The lowest BCUT2D eigenvalue weighted by Crippen LogP contribution is -2.28. The van der Waals surface area contributed by atoms with Crippen LogP contribution in [0.3, 0.4) is 0 Å². The van der Waals surface area contributed by atoms with E-state index in [1.165, 1.54) is 0 Å². The third-order valence-electron chi connectivity index (χ3n) is 5.05. The predicted molar refractivity (Wildman–Crippen MR) is 114 cm³/mol. The molecule has 0 aromatic heterocycles. The van der Waals surface area contributed by atoms with Gasteiger partial charge in [-0.3, -0.25) is 4.79 Å². The molecule has 29 heavy (non-hydrogen) atoms. The summed E-state index contributed by atoms with van der Waals surface area (Å²) >= 11 is 0. The highest BCUT2D eigenvalue weighted by Crippen LogP contribution is 2.30. The predicted octanol–water partition coefficient (Wildman–Crippen LogP) is 3.30. The number of para-hydroxylation sites is 1. The summed E-state index contributed by atoms with van der Waals surface area (Å²) in [5.41, 5.74) is 2.80. The molecule has 1 aliphatic rings. The number of rotatable bonds is 9. The lowest BCUT2D eigenvalue weighted by molar-refractivity contribution is -0.118. The Morgan fingerprint density at radius 3 is 2.72 bits per heavy atom. The molecule has 0 spiro atoms. The molecule has 1 aliphatic heterocycles. The quantitative estimate of drug-likeness (QED) is 0.637. The highest BCUT2D eigenvalue weighted by Gasteiger charge is 2.25. The molecule has 1 N–H and O–H groups in total. The summed E-state index contributed by atoms with van der Waals surface area (Å²) in [5.74, 6) is 0.910. The number of hydrogen-bond donors (Lipinski definition) is 1. The molecule has 6 nitrogen and oxygen atoms in total. The second kappa shape index (κ2) is 9.41. The monoisotopic (exact) mass is 416 g/mol. The van der Waals surface area contributed by atoms with E-state index < -0.39 is 10.0 Å². The largest absolute Gasteiger partial charge is 0.494 e. The normalized spacial score (nSPS) is 13.4. The number of nitrogens with zero attached hydrogens (tertiary/aromatic N) is 1. The zero-order chi connectivity index (χ0) is 20.9. The molecule has 3 rings (SSSR count). The molecule has 0 atom stereocenters. The average Bonchev–Trinajstić information content (AvgIpc) is 3.15. The van der Waals surface area contributed by atoms with Gasteiger partial charge in [0.15, 0.2) is 0 Å². The number of anilines is 1. The zero-order valence-corrected chi connectivity index (χ0v) is 17.8. The van der Waals surface area contributed by atoms with Gasteiger partial charge in [0.2, 0.25) is 15.9 Å². The van der Waals surface area contributed by atoms with Crippen LogP contribution in [-0.2, 0) is 27.7 Å². The summed E-state index contributed by atoms with van der Waals surface area (Å²) < 4.78 is 33.6. The first-order valence-electron chi connectivity index (χ1n) is 10.1. The Morgan fingerprint density at radius 2 is 1.97 bits per heavy atom. The van der Waals surface area contributed by atoms with E-state index in [9.17, 15) is 13.2 Å². The first-order valence-corrected chi connectivity index (χ1v) is 11.6. The van der Waals surface area contributed by atoms with Gasteiger partial charge in [0.05, 0.1) is 11.5 Å². The minimum absolute atomic E-state index is 0.0600. The van der Waals surface area contributed by atoms with Crippen molar-refractivity contribution in [1.29, 1.82) is 0 Å². The topological polar surface area (TPSA) is 75.7 Å². The summed E-state index contributed by atoms with van der Waals surface area (Å²) in [6.07, 6.45) is 2.52. The number of hydrogen-bond acceptors (Lipinski definition) is 4. The fourth-order valence-corrected chi connectivity index (χ4v) is 4.69. The van der Waals surface area contributed by atoms with Gasteiger partial charge in [0, 0.05) is 25.2 Å². The van der Waals surface area contributed by atoms with Crippen LogP contribution in [0.25, 0.3) is 0 Å². The van der Waals surface area contributed by atoms with Gasteiger partial charge < -0.3 is 9.64 Å². The molecule has 1 heterocycles. The van der Waals surface area contributed by atoms with Crippen molar-refractivity contribution in [2.24, 2.45) is 0 Å². The van der Waals surface area contributed by atoms with Gasteiger partial charge in [-0.05, 0) is 61.6 Å². The fourth-order valence-electron chi connectivity index (χ4n) is 3.57. The molecule has 156 valence electrons. The number of amides is 1. The number of nitrogens with one attached hydrogen (secondary N) is 1. The summed E-state index contributed by atoms with van der Waals surface area (Å²) in [5, 5.41) is 0. The first-order chi connectivity index (χ1) is 14.0. The minimum atomic E-state index is -3.58. The molecule has 0 radical (unpaired) electrons. The summed E-state index contributed by atoms with van der Waals surface area (Å²) in [6.45, 7) is 5.33.